The third-order valence-electron chi connectivity index (χ3n) is 5.29. The molecule has 0 aromatic carbocycles. The fraction of sp³-hybridized carbons (Fsp3) is 0.824. The van der Waals surface area contributed by atoms with E-state index in [1.807, 2.05) is 7.05 Å². The number of carbonyl (C=O) groups is 1. The van der Waals surface area contributed by atoms with Gasteiger partial charge in [0.25, 0.3) is 0 Å². The minimum atomic E-state index is 0. The van der Waals surface area contributed by atoms with Crippen LogP contribution in [-0.4, -0.2) is 33.8 Å². The highest BCUT2D eigenvalue weighted by Gasteiger charge is 2.32. The lowest BCUT2D eigenvalue weighted by molar-refractivity contribution is -0.122. The maximum atomic E-state index is 12.6. The van der Waals surface area contributed by atoms with E-state index in [0.717, 1.165) is 51.0 Å². The molecule has 136 valence electrons. The normalized spacial score (nSPS) is 24.2. The molecule has 24 heavy (non-hydrogen) atoms. The number of rotatable bonds is 3. The van der Waals surface area contributed by atoms with Crippen LogP contribution in [0.5, 0.6) is 0 Å². The smallest absolute Gasteiger partial charge is 0.229 e. The van der Waals surface area contributed by atoms with Crippen LogP contribution in [0, 0.1) is 11.3 Å². The highest BCUT2D eigenvalue weighted by atomic mass is 35.5. The Labute approximate surface area is 150 Å². The first-order valence-electron chi connectivity index (χ1n) is 8.87. The maximum Gasteiger partial charge on any atom is 0.229 e. The van der Waals surface area contributed by atoms with Gasteiger partial charge in [0.2, 0.25) is 11.9 Å². The largest absolute Gasteiger partial charge is 0.317 e. The lowest BCUT2D eigenvalue weighted by atomic mass is 9.72. The number of aryl methyl sites for hydroxylation is 1. The summed E-state index contributed by atoms with van der Waals surface area (Å²) in [5.41, 5.74) is 0.264. The van der Waals surface area contributed by atoms with Crippen molar-refractivity contribution in [1.29, 1.82) is 0 Å². The van der Waals surface area contributed by atoms with E-state index in [-0.39, 0.29) is 29.6 Å². The lowest BCUT2D eigenvalue weighted by Gasteiger charge is -2.34. The van der Waals surface area contributed by atoms with Gasteiger partial charge in [-0.25, -0.2) is 4.68 Å². The standard InChI is InChI=1S/C17H29N5O.ClH/c1-17(2)8-4-5-13(11-17)15(23)20-16-19-14(21-22(16)3)12-6-9-18-10-7-12;/h12-13,18H,4-11H2,1-3H3,(H,19,20,21,23);1H. The van der Waals surface area contributed by atoms with Gasteiger partial charge in [0, 0.05) is 18.9 Å². The second-order valence-corrected chi connectivity index (χ2v) is 7.89. The van der Waals surface area contributed by atoms with E-state index in [2.05, 4.69) is 34.6 Å². The Morgan fingerprint density at radius 1 is 1.29 bits per heavy atom. The van der Waals surface area contributed by atoms with Crippen molar-refractivity contribution in [3.8, 4) is 0 Å². The van der Waals surface area contributed by atoms with Gasteiger partial charge in [-0.15, -0.1) is 12.4 Å². The predicted molar refractivity (Wildman–Crippen MR) is 97.5 cm³/mol. The first-order chi connectivity index (χ1) is 10.9. The Morgan fingerprint density at radius 2 is 2.00 bits per heavy atom. The molecule has 1 saturated carbocycles. The Hall–Kier alpha value is -1.14. The molecule has 1 aromatic rings. The van der Waals surface area contributed by atoms with Gasteiger partial charge in [-0.05, 0) is 50.6 Å². The second-order valence-electron chi connectivity index (χ2n) is 7.89. The lowest BCUT2D eigenvalue weighted by Crippen LogP contribution is -2.32. The molecule has 2 N–H and O–H groups in total. The number of amides is 1. The third kappa shape index (κ3) is 4.48. The molecule has 1 unspecified atom stereocenters. The van der Waals surface area contributed by atoms with E-state index in [1.54, 1.807) is 4.68 Å². The molecular formula is C17H30ClN5O. The van der Waals surface area contributed by atoms with Crippen LogP contribution in [0.1, 0.15) is 64.1 Å². The summed E-state index contributed by atoms with van der Waals surface area (Å²) in [5, 5.41) is 10.9. The van der Waals surface area contributed by atoms with Gasteiger partial charge in [0.1, 0.15) is 0 Å². The van der Waals surface area contributed by atoms with Gasteiger partial charge in [0.05, 0.1) is 0 Å². The van der Waals surface area contributed by atoms with Crippen molar-refractivity contribution in [2.45, 2.75) is 58.3 Å². The zero-order chi connectivity index (χ0) is 16.4. The number of carbonyl (C=O) groups excluding carboxylic acids is 1. The first kappa shape index (κ1) is 19.2. The maximum absolute atomic E-state index is 12.6. The van der Waals surface area contributed by atoms with Crippen molar-refractivity contribution >= 4 is 24.3 Å². The molecule has 7 heteroatoms. The van der Waals surface area contributed by atoms with Gasteiger partial charge in [0.15, 0.2) is 5.82 Å². The van der Waals surface area contributed by atoms with Gasteiger partial charge in [-0.2, -0.15) is 10.1 Å². The van der Waals surface area contributed by atoms with Gasteiger partial charge >= 0.3 is 0 Å². The molecule has 0 bridgehead atoms. The molecule has 0 radical (unpaired) electrons. The Balaban J connectivity index is 0.00000208. The molecule has 2 heterocycles. The molecule has 1 atom stereocenters. The van der Waals surface area contributed by atoms with E-state index in [1.165, 1.54) is 6.42 Å². The number of aromatic nitrogens is 3. The van der Waals surface area contributed by atoms with Crippen LogP contribution in [0.2, 0.25) is 0 Å². The Kier molecular flexibility index (Phi) is 6.26. The Bertz CT molecular complexity index is 565. The summed E-state index contributed by atoms with van der Waals surface area (Å²) in [4.78, 5) is 17.2. The molecule has 2 fully saturated rings. The molecule has 1 saturated heterocycles. The molecule has 1 aliphatic heterocycles. The molecule has 3 rings (SSSR count). The van der Waals surface area contributed by atoms with E-state index < -0.39 is 0 Å². The minimum absolute atomic E-state index is 0. The quantitative estimate of drug-likeness (QED) is 0.874. The summed E-state index contributed by atoms with van der Waals surface area (Å²) in [5.74, 6) is 2.06. The number of nitrogens with one attached hydrogen (secondary N) is 2. The van der Waals surface area contributed by atoms with Gasteiger partial charge < -0.3 is 5.32 Å². The second kappa shape index (κ2) is 7.83. The molecule has 1 aromatic heterocycles. The number of nitrogens with zero attached hydrogens (tertiary/aromatic N) is 3. The number of hydrogen-bond donors (Lipinski definition) is 2. The highest BCUT2D eigenvalue weighted by molar-refractivity contribution is 5.91. The molecule has 2 aliphatic rings. The van der Waals surface area contributed by atoms with Crippen LogP contribution >= 0.6 is 12.4 Å². The number of piperidine rings is 1. The summed E-state index contributed by atoms with van der Waals surface area (Å²) < 4.78 is 1.71. The van der Waals surface area contributed by atoms with Crippen molar-refractivity contribution in [2.75, 3.05) is 18.4 Å². The van der Waals surface area contributed by atoms with E-state index >= 15 is 0 Å². The first-order valence-corrected chi connectivity index (χ1v) is 8.87. The van der Waals surface area contributed by atoms with Gasteiger partial charge in [-0.3, -0.25) is 10.1 Å². The van der Waals surface area contributed by atoms with Crippen LogP contribution in [0.15, 0.2) is 0 Å². The summed E-state index contributed by atoms with van der Waals surface area (Å²) in [7, 11) is 1.86. The summed E-state index contributed by atoms with van der Waals surface area (Å²) in [6, 6.07) is 0. The highest BCUT2D eigenvalue weighted by Crippen LogP contribution is 2.38. The minimum Gasteiger partial charge on any atom is -0.317 e. The van der Waals surface area contributed by atoms with Crippen LogP contribution in [-0.2, 0) is 11.8 Å². The molecule has 0 spiro atoms. The predicted octanol–water partition coefficient (Wildman–Crippen LogP) is 2.86. The number of halogens is 1. The zero-order valence-electron chi connectivity index (χ0n) is 15.0. The third-order valence-corrected chi connectivity index (χ3v) is 5.29. The summed E-state index contributed by atoms with van der Waals surface area (Å²) >= 11 is 0. The SMILES string of the molecule is Cl.Cn1nc(C2CCNCC2)nc1NC(=O)C1CCCC(C)(C)C1. The van der Waals surface area contributed by atoms with Gasteiger partial charge in [-0.1, -0.05) is 20.3 Å². The van der Waals surface area contributed by atoms with Crippen molar-refractivity contribution in [1.82, 2.24) is 20.1 Å². The number of anilines is 1. The zero-order valence-corrected chi connectivity index (χ0v) is 15.8. The molecule has 6 nitrogen and oxygen atoms in total. The van der Waals surface area contributed by atoms with Crippen molar-refractivity contribution < 1.29 is 4.79 Å². The monoisotopic (exact) mass is 355 g/mol. The average Bonchev–Trinajstić information content (AvgIpc) is 2.88. The average molecular weight is 356 g/mol. The van der Waals surface area contributed by atoms with Crippen molar-refractivity contribution in [3.05, 3.63) is 5.82 Å². The van der Waals surface area contributed by atoms with Crippen molar-refractivity contribution in [2.24, 2.45) is 18.4 Å². The van der Waals surface area contributed by atoms with Crippen LogP contribution in [0.4, 0.5) is 5.95 Å². The fourth-order valence-corrected chi connectivity index (χ4v) is 3.90. The van der Waals surface area contributed by atoms with Crippen LogP contribution in [0.25, 0.3) is 0 Å². The number of hydrogen-bond acceptors (Lipinski definition) is 4. The van der Waals surface area contributed by atoms with E-state index in [0.29, 0.717) is 11.9 Å². The summed E-state index contributed by atoms with van der Waals surface area (Å²) in [6.45, 7) is 6.54. The Morgan fingerprint density at radius 3 is 2.67 bits per heavy atom. The molecular weight excluding hydrogens is 326 g/mol. The van der Waals surface area contributed by atoms with Crippen LogP contribution < -0.4 is 10.6 Å². The van der Waals surface area contributed by atoms with E-state index in [9.17, 15) is 4.79 Å². The molecule has 1 amide bonds. The van der Waals surface area contributed by atoms with E-state index in [4.69, 9.17) is 0 Å². The van der Waals surface area contributed by atoms with Crippen LogP contribution in [0.3, 0.4) is 0 Å². The topological polar surface area (TPSA) is 71.8 Å². The summed E-state index contributed by atoms with van der Waals surface area (Å²) in [6.07, 6.45) is 6.40. The molecule has 1 aliphatic carbocycles. The van der Waals surface area contributed by atoms with Crippen molar-refractivity contribution in [3.63, 3.8) is 0 Å². The fourth-order valence-electron chi connectivity index (χ4n) is 3.90.